The van der Waals surface area contributed by atoms with Crippen LogP contribution in [0.2, 0.25) is 0 Å². The molecule has 1 aliphatic carbocycles. The van der Waals surface area contributed by atoms with Gasteiger partial charge in [-0.05, 0) is 35.2 Å². The SMILES string of the molecule is COc1ccc([C@@H]2N=C(Nc3nc4ccccc4o3)NC3=CC(C)(C)CC(=O)[C@H]32)cc1. The van der Waals surface area contributed by atoms with Crippen LogP contribution in [-0.2, 0) is 4.79 Å². The van der Waals surface area contributed by atoms with Crippen molar-refractivity contribution in [1.29, 1.82) is 0 Å². The first-order valence-electron chi connectivity index (χ1n) is 10.3. The zero-order valence-electron chi connectivity index (χ0n) is 17.7. The van der Waals surface area contributed by atoms with E-state index in [9.17, 15) is 4.79 Å². The Kier molecular flexibility index (Phi) is 4.54. The van der Waals surface area contributed by atoms with Gasteiger partial charge in [0.2, 0.25) is 5.96 Å². The van der Waals surface area contributed by atoms with Crippen LogP contribution in [-0.4, -0.2) is 23.8 Å². The lowest BCUT2D eigenvalue weighted by Gasteiger charge is -2.38. The monoisotopic (exact) mass is 416 g/mol. The number of ketones is 1. The number of benzene rings is 2. The van der Waals surface area contributed by atoms with Crippen molar-refractivity contribution in [2.24, 2.45) is 16.3 Å². The lowest BCUT2D eigenvalue weighted by atomic mass is 9.72. The molecule has 3 aromatic rings. The summed E-state index contributed by atoms with van der Waals surface area (Å²) in [4.78, 5) is 22.4. The number of hydrogen-bond acceptors (Lipinski definition) is 7. The summed E-state index contributed by atoms with van der Waals surface area (Å²) in [6.45, 7) is 4.13. The first-order valence-corrected chi connectivity index (χ1v) is 10.3. The first-order chi connectivity index (χ1) is 14.9. The van der Waals surface area contributed by atoms with Gasteiger partial charge in [-0.25, -0.2) is 4.99 Å². The summed E-state index contributed by atoms with van der Waals surface area (Å²) in [5.41, 5.74) is 3.04. The van der Waals surface area contributed by atoms with E-state index in [-0.39, 0.29) is 23.2 Å². The molecule has 0 saturated carbocycles. The highest BCUT2D eigenvalue weighted by Crippen LogP contribution is 2.42. The molecule has 2 N–H and O–H groups in total. The normalized spacial score (nSPS) is 22.2. The zero-order chi connectivity index (χ0) is 21.6. The number of anilines is 1. The summed E-state index contributed by atoms with van der Waals surface area (Å²) in [5, 5.41) is 6.46. The van der Waals surface area contributed by atoms with Crippen LogP contribution in [0.4, 0.5) is 6.01 Å². The van der Waals surface area contributed by atoms with Gasteiger partial charge >= 0.3 is 6.01 Å². The van der Waals surface area contributed by atoms with Crippen LogP contribution in [0.15, 0.2) is 69.7 Å². The number of guanidine groups is 1. The summed E-state index contributed by atoms with van der Waals surface area (Å²) in [6.07, 6.45) is 2.62. The predicted molar refractivity (Wildman–Crippen MR) is 119 cm³/mol. The van der Waals surface area contributed by atoms with Crippen LogP contribution in [0.5, 0.6) is 5.75 Å². The quantitative estimate of drug-likeness (QED) is 0.656. The minimum atomic E-state index is -0.353. The fourth-order valence-corrected chi connectivity index (χ4v) is 4.30. The molecule has 7 heteroatoms. The van der Waals surface area contributed by atoms with E-state index >= 15 is 0 Å². The van der Waals surface area contributed by atoms with Crippen LogP contribution in [0.25, 0.3) is 11.1 Å². The Morgan fingerprint density at radius 1 is 1.16 bits per heavy atom. The maximum Gasteiger partial charge on any atom is 0.302 e. The molecule has 1 aromatic heterocycles. The van der Waals surface area contributed by atoms with Crippen LogP contribution in [0, 0.1) is 11.3 Å². The van der Waals surface area contributed by atoms with Gasteiger partial charge in [-0.2, -0.15) is 4.98 Å². The van der Waals surface area contributed by atoms with Crippen molar-refractivity contribution in [1.82, 2.24) is 10.3 Å². The van der Waals surface area contributed by atoms with E-state index in [0.717, 1.165) is 22.5 Å². The second-order valence-electron chi connectivity index (χ2n) is 8.64. The Hall–Kier alpha value is -3.61. The Morgan fingerprint density at radius 3 is 2.68 bits per heavy atom. The molecule has 0 saturated heterocycles. The molecule has 2 aliphatic rings. The van der Waals surface area contributed by atoms with Gasteiger partial charge in [-0.3, -0.25) is 10.1 Å². The number of carbonyl (C=O) groups excluding carboxylic acids is 1. The molecule has 1 aliphatic heterocycles. The Balaban J connectivity index is 1.54. The lowest BCUT2D eigenvalue weighted by molar-refractivity contribution is -0.124. The molecular weight excluding hydrogens is 392 g/mol. The molecule has 0 unspecified atom stereocenters. The number of Topliss-reactive ketones (excluding diaryl/α,β-unsaturated/α-hetero) is 1. The maximum absolute atomic E-state index is 13.1. The number of fused-ring (bicyclic) bond motifs is 2. The number of aliphatic imine (C=N–C) groups is 1. The number of nitrogens with zero attached hydrogens (tertiary/aromatic N) is 2. The highest BCUT2D eigenvalue weighted by molar-refractivity contribution is 5.98. The molecule has 0 bridgehead atoms. The molecule has 0 fully saturated rings. The van der Waals surface area contributed by atoms with E-state index in [1.54, 1.807) is 7.11 Å². The highest BCUT2D eigenvalue weighted by atomic mass is 16.5. The van der Waals surface area contributed by atoms with E-state index in [1.807, 2.05) is 48.5 Å². The first kappa shape index (κ1) is 19.4. The fourth-order valence-electron chi connectivity index (χ4n) is 4.30. The van der Waals surface area contributed by atoms with Crippen molar-refractivity contribution in [3.63, 3.8) is 0 Å². The number of nitrogens with one attached hydrogen (secondary N) is 2. The van der Waals surface area contributed by atoms with Crippen molar-refractivity contribution in [3.05, 3.63) is 65.9 Å². The van der Waals surface area contributed by atoms with Crippen molar-refractivity contribution < 1.29 is 13.9 Å². The maximum atomic E-state index is 13.1. The smallest absolute Gasteiger partial charge is 0.302 e. The zero-order valence-corrected chi connectivity index (χ0v) is 17.7. The molecule has 0 amide bonds. The average molecular weight is 416 g/mol. The van der Waals surface area contributed by atoms with E-state index in [2.05, 4.69) is 35.5 Å². The minimum Gasteiger partial charge on any atom is -0.497 e. The Bertz CT molecular complexity index is 1170. The van der Waals surface area contributed by atoms with Gasteiger partial charge in [0.1, 0.15) is 17.0 Å². The van der Waals surface area contributed by atoms with Crippen LogP contribution < -0.4 is 15.4 Å². The molecule has 158 valence electrons. The second kappa shape index (κ2) is 7.27. The van der Waals surface area contributed by atoms with E-state index in [0.29, 0.717) is 24.0 Å². The summed E-state index contributed by atoms with van der Waals surface area (Å²) >= 11 is 0. The summed E-state index contributed by atoms with van der Waals surface area (Å²) in [6, 6.07) is 15.3. The lowest BCUT2D eigenvalue weighted by Crippen LogP contribution is -2.45. The van der Waals surface area contributed by atoms with Gasteiger partial charge in [0.25, 0.3) is 0 Å². The Labute approximate surface area is 180 Å². The molecular formula is C24H24N4O3. The number of para-hydroxylation sites is 2. The minimum absolute atomic E-state index is 0.181. The molecule has 0 spiro atoms. The summed E-state index contributed by atoms with van der Waals surface area (Å²) in [7, 11) is 1.63. The fraction of sp³-hybridized carbons (Fsp3) is 0.292. The Morgan fingerprint density at radius 2 is 1.94 bits per heavy atom. The number of methoxy groups -OCH3 is 1. The third-order valence-corrected chi connectivity index (χ3v) is 5.68. The molecule has 5 rings (SSSR count). The molecule has 7 nitrogen and oxygen atoms in total. The third-order valence-electron chi connectivity index (χ3n) is 5.68. The highest BCUT2D eigenvalue weighted by Gasteiger charge is 2.42. The number of oxazole rings is 1. The van der Waals surface area contributed by atoms with E-state index < -0.39 is 0 Å². The van der Waals surface area contributed by atoms with Gasteiger partial charge in [0.05, 0.1) is 19.1 Å². The van der Waals surface area contributed by atoms with Crippen LogP contribution in [0.3, 0.4) is 0 Å². The molecule has 2 heterocycles. The summed E-state index contributed by atoms with van der Waals surface area (Å²) < 4.78 is 11.1. The number of carbonyl (C=O) groups is 1. The van der Waals surface area contributed by atoms with Gasteiger partial charge < -0.3 is 14.5 Å². The third kappa shape index (κ3) is 3.67. The summed E-state index contributed by atoms with van der Waals surface area (Å²) in [5.74, 6) is 1.09. The van der Waals surface area contributed by atoms with Gasteiger partial charge in [-0.1, -0.05) is 44.2 Å². The standard InChI is InChI=1S/C24H24N4O3/c1-24(2)12-17-20(18(29)13-24)21(14-8-10-15(30-3)11-9-14)27-22(25-17)28-23-26-16-6-4-5-7-19(16)31-23/h4-12,20-21H,13H2,1-3H3,(H2,25,26,27,28)/t20-,21-/m0/s1. The van der Waals surface area contributed by atoms with Gasteiger partial charge in [0.15, 0.2) is 5.58 Å². The molecule has 2 atom stereocenters. The van der Waals surface area contributed by atoms with Crippen LogP contribution >= 0.6 is 0 Å². The van der Waals surface area contributed by atoms with Crippen LogP contribution in [0.1, 0.15) is 31.9 Å². The molecule has 31 heavy (non-hydrogen) atoms. The number of hydrogen-bond donors (Lipinski definition) is 2. The molecule has 0 radical (unpaired) electrons. The van der Waals surface area contributed by atoms with E-state index in [1.165, 1.54) is 0 Å². The van der Waals surface area contributed by atoms with Crippen molar-refractivity contribution in [2.45, 2.75) is 26.3 Å². The largest absolute Gasteiger partial charge is 0.497 e. The van der Waals surface area contributed by atoms with Crippen molar-refractivity contribution in [3.8, 4) is 5.75 Å². The van der Waals surface area contributed by atoms with E-state index in [4.69, 9.17) is 14.1 Å². The second-order valence-corrected chi connectivity index (χ2v) is 8.64. The number of ether oxygens (including phenoxy) is 1. The van der Waals surface area contributed by atoms with Gasteiger partial charge in [0, 0.05) is 12.1 Å². The predicted octanol–water partition coefficient (Wildman–Crippen LogP) is 4.45. The van der Waals surface area contributed by atoms with Crippen molar-refractivity contribution in [2.75, 3.05) is 12.4 Å². The van der Waals surface area contributed by atoms with Gasteiger partial charge in [-0.15, -0.1) is 0 Å². The number of allylic oxidation sites excluding steroid dienone is 1. The topological polar surface area (TPSA) is 88.8 Å². The average Bonchev–Trinajstić information content (AvgIpc) is 3.14. The van der Waals surface area contributed by atoms with Crippen molar-refractivity contribution >= 4 is 28.9 Å². The number of aromatic nitrogens is 1. The number of rotatable bonds is 3. The molecule has 2 aromatic carbocycles.